The van der Waals surface area contributed by atoms with Gasteiger partial charge in [-0.2, -0.15) is 0 Å². The summed E-state index contributed by atoms with van der Waals surface area (Å²) in [5, 5.41) is 12.2. The summed E-state index contributed by atoms with van der Waals surface area (Å²) in [5.41, 5.74) is 2.25. The first kappa shape index (κ1) is 23.9. The molecule has 3 rings (SSSR count). The number of nitrogens with two attached hydrogens (primary N) is 1. The number of carboxylic acid groups (broad SMARTS) is 1. The van der Waals surface area contributed by atoms with Crippen LogP contribution in [-0.2, 0) is 22.7 Å². The van der Waals surface area contributed by atoms with Crippen LogP contribution in [0.5, 0.6) is 0 Å². The first-order valence-electron chi connectivity index (χ1n) is 9.92. The molecule has 2 aliphatic heterocycles. The zero-order chi connectivity index (χ0) is 23.1. The maximum absolute atomic E-state index is 12.1. The Morgan fingerprint density at radius 3 is 2.29 bits per heavy atom. The highest BCUT2D eigenvalue weighted by atomic mass is 16.4. The van der Waals surface area contributed by atoms with Gasteiger partial charge in [-0.05, 0) is 30.9 Å². The topological polar surface area (TPSA) is 136 Å². The van der Waals surface area contributed by atoms with E-state index in [2.05, 4.69) is 11.9 Å². The van der Waals surface area contributed by atoms with E-state index in [1.54, 1.807) is 0 Å². The molecule has 0 spiro atoms. The summed E-state index contributed by atoms with van der Waals surface area (Å²) in [5.74, 6) is 4.84. The molecule has 4 N–H and O–H groups in total. The number of Topliss-reactive ketones (excluding diaryl/α,β-unsaturated/α-hetero) is 1. The van der Waals surface area contributed by atoms with Crippen LogP contribution >= 0.6 is 0 Å². The fourth-order valence-corrected chi connectivity index (χ4v) is 3.52. The first-order valence-corrected chi connectivity index (χ1v) is 9.92. The minimum atomic E-state index is -0.841. The molecule has 0 aliphatic carbocycles. The van der Waals surface area contributed by atoms with Gasteiger partial charge in [0.25, 0.3) is 0 Å². The largest absolute Gasteiger partial charge is 0.465 e. The molecule has 31 heavy (non-hydrogen) atoms. The number of nitrogens with zero attached hydrogens (tertiary/aromatic N) is 3. The number of urea groups is 1. The van der Waals surface area contributed by atoms with Crippen molar-refractivity contribution in [2.75, 3.05) is 13.6 Å². The van der Waals surface area contributed by atoms with E-state index in [4.69, 9.17) is 10.9 Å². The van der Waals surface area contributed by atoms with Gasteiger partial charge in [-0.3, -0.25) is 19.5 Å². The maximum Gasteiger partial charge on any atom is 0.407 e. The van der Waals surface area contributed by atoms with Crippen LogP contribution < -0.4 is 11.2 Å². The van der Waals surface area contributed by atoms with Crippen LogP contribution in [0.15, 0.2) is 36.9 Å². The Kier molecular flexibility index (Phi) is 8.14. The molecule has 2 atom stereocenters. The summed E-state index contributed by atoms with van der Waals surface area (Å²) in [6.45, 7) is 6.42. The number of ketones is 1. The number of fused-ring (bicyclic) bond motifs is 1. The number of carbonyl (C=O) groups is 4. The van der Waals surface area contributed by atoms with Crippen molar-refractivity contribution in [1.29, 1.82) is 0 Å². The van der Waals surface area contributed by atoms with Crippen molar-refractivity contribution in [3.63, 3.8) is 0 Å². The van der Waals surface area contributed by atoms with Crippen LogP contribution in [0.4, 0.5) is 9.59 Å². The van der Waals surface area contributed by atoms with Gasteiger partial charge in [-0.25, -0.2) is 15.4 Å². The maximum atomic E-state index is 12.1. The lowest BCUT2D eigenvalue weighted by Gasteiger charge is -2.27. The van der Waals surface area contributed by atoms with E-state index in [0.29, 0.717) is 26.1 Å². The molecule has 1 fully saturated rings. The molecule has 168 valence electrons. The number of hydrazine groups is 1. The summed E-state index contributed by atoms with van der Waals surface area (Å²) in [4.78, 5) is 48.6. The number of carbonyl (C=O) groups excluding carboxylic acids is 3. The number of rotatable bonds is 4. The second-order valence-electron chi connectivity index (χ2n) is 7.48. The Morgan fingerprint density at radius 1 is 1.26 bits per heavy atom. The van der Waals surface area contributed by atoms with Crippen molar-refractivity contribution in [2.45, 2.75) is 44.9 Å². The first-order chi connectivity index (χ1) is 14.6. The zero-order valence-electron chi connectivity index (χ0n) is 17.8. The minimum Gasteiger partial charge on any atom is -0.465 e. The standard InChI is InChI=1S/C12H20N4O3.C9H9NO2/c1-4-9(8(2)17)14-11(18)10-6-5-7-16(10)12(19)15(3)13;11-9(12)10-5-7-3-1-2-4-8(7)6-10/h4,9-10H,1,5-7,13H2,2-3H3,(H,14,18);1-4H,5-6H2,(H,11,12). The zero-order valence-corrected chi connectivity index (χ0v) is 17.8. The molecule has 0 saturated carbocycles. The quantitative estimate of drug-likeness (QED) is 0.285. The van der Waals surface area contributed by atoms with E-state index in [1.165, 1.54) is 29.8 Å². The molecule has 0 bridgehead atoms. The monoisotopic (exact) mass is 431 g/mol. The average Bonchev–Trinajstić information content (AvgIpc) is 3.38. The molecule has 1 aromatic rings. The van der Waals surface area contributed by atoms with Crippen molar-refractivity contribution in [2.24, 2.45) is 5.84 Å². The molecular weight excluding hydrogens is 402 g/mol. The molecule has 0 aromatic heterocycles. The Hall–Kier alpha value is -3.40. The van der Waals surface area contributed by atoms with Crippen molar-refractivity contribution >= 4 is 23.8 Å². The van der Waals surface area contributed by atoms with Gasteiger partial charge in [0.15, 0.2) is 5.78 Å². The summed E-state index contributed by atoms with van der Waals surface area (Å²) >= 11 is 0. The number of benzene rings is 1. The molecule has 10 heteroatoms. The van der Waals surface area contributed by atoms with E-state index in [9.17, 15) is 19.2 Å². The SMILES string of the molecule is C=CC(NC(=O)C1CCCN1C(=O)N(C)N)C(C)=O.O=C(O)N1Cc2ccccc2C1. The lowest BCUT2D eigenvalue weighted by atomic mass is 10.1. The van der Waals surface area contributed by atoms with E-state index < -0.39 is 24.2 Å². The van der Waals surface area contributed by atoms with Gasteiger partial charge in [-0.1, -0.05) is 30.3 Å². The Bertz CT molecular complexity index is 831. The highest BCUT2D eigenvalue weighted by Crippen LogP contribution is 2.21. The van der Waals surface area contributed by atoms with Gasteiger partial charge in [0, 0.05) is 26.7 Å². The van der Waals surface area contributed by atoms with Gasteiger partial charge in [-0.15, -0.1) is 6.58 Å². The molecule has 2 aliphatic rings. The minimum absolute atomic E-state index is 0.199. The summed E-state index contributed by atoms with van der Waals surface area (Å²) in [6, 6.07) is 6.10. The van der Waals surface area contributed by atoms with Crippen LogP contribution in [0.25, 0.3) is 0 Å². The van der Waals surface area contributed by atoms with Crippen LogP contribution in [0, 0.1) is 0 Å². The van der Waals surface area contributed by atoms with Crippen LogP contribution in [-0.4, -0.2) is 69.4 Å². The highest BCUT2D eigenvalue weighted by molar-refractivity contribution is 5.92. The Labute approximate surface area is 181 Å². The van der Waals surface area contributed by atoms with Crippen molar-refractivity contribution in [1.82, 2.24) is 20.1 Å². The van der Waals surface area contributed by atoms with Crippen molar-refractivity contribution < 1.29 is 24.3 Å². The van der Waals surface area contributed by atoms with Crippen LogP contribution in [0.3, 0.4) is 0 Å². The molecule has 2 heterocycles. The second kappa shape index (κ2) is 10.6. The second-order valence-corrected chi connectivity index (χ2v) is 7.48. The van der Waals surface area contributed by atoms with E-state index in [-0.39, 0.29) is 11.7 Å². The van der Waals surface area contributed by atoms with Crippen LogP contribution in [0.1, 0.15) is 30.9 Å². The molecule has 4 amide bonds. The third-order valence-corrected chi connectivity index (χ3v) is 5.19. The van der Waals surface area contributed by atoms with Gasteiger partial charge in [0.05, 0.1) is 0 Å². The van der Waals surface area contributed by atoms with Crippen molar-refractivity contribution in [3.8, 4) is 0 Å². The normalized spacial score (nSPS) is 17.7. The molecule has 2 unspecified atom stereocenters. The number of amides is 4. The van der Waals surface area contributed by atoms with Gasteiger partial charge in [0.1, 0.15) is 12.1 Å². The van der Waals surface area contributed by atoms with E-state index in [1.807, 2.05) is 24.3 Å². The molecule has 0 radical (unpaired) electrons. The highest BCUT2D eigenvalue weighted by Gasteiger charge is 2.35. The number of nitrogens with one attached hydrogen (secondary N) is 1. The van der Waals surface area contributed by atoms with E-state index in [0.717, 1.165) is 22.6 Å². The Morgan fingerprint density at radius 2 is 1.84 bits per heavy atom. The van der Waals surface area contributed by atoms with Gasteiger partial charge < -0.3 is 15.3 Å². The predicted octanol–water partition coefficient (Wildman–Crippen LogP) is 1.32. The van der Waals surface area contributed by atoms with Gasteiger partial charge in [0.2, 0.25) is 5.91 Å². The van der Waals surface area contributed by atoms with Crippen LogP contribution in [0.2, 0.25) is 0 Å². The lowest BCUT2D eigenvalue weighted by molar-refractivity contribution is -0.128. The third kappa shape index (κ3) is 6.05. The van der Waals surface area contributed by atoms with E-state index >= 15 is 0 Å². The smallest absolute Gasteiger partial charge is 0.407 e. The fraction of sp³-hybridized carbons (Fsp3) is 0.429. The number of likely N-dealkylation sites (tertiary alicyclic amines) is 1. The lowest BCUT2D eigenvalue weighted by Crippen LogP contribution is -2.53. The number of hydrogen-bond acceptors (Lipinski definition) is 5. The van der Waals surface area contributed by atoms with Crippen molar-refractivity contribution in [3.05, 3.63) is 48.0 Å². The van der Waals surface area contributed by atoms with Gasteiger partial charge >= 0.3 is 12.1 Å². The summed E-state index contributed by atoms with van der Waals surface area (Å²) in [7, 11) is 1.43. The number of hydrogen-bond donors (Lipinski definition) is 3. The third-order valence-electron chi connectivity index (χ3n) is 5.19. The Balaban J connectivity index is 0.000000242. The average molecular weight is 431 g/mol. The molecule has 10 nitrogen and oxygen atoms in total. The molecular formula is C21H29N5O5. The summed E-state index contributed by atoms with van der Waals surface area (Å²) in [6.07, 6.45) is 1.83. The summed E-state index contributed by atoms with van der Waals surface area (Å²) < 4.78 is 0. The molecule has 1 aromatic carbocycles. The molecule has 1 saturated heterocycles. The predicted molar refractivity (Wildman–Crippen MR) is 114 cm³/mol. The fourth-order valence-electron chi connectivity index (χ4n) is 3.52.